The molecule has 0 atom stereocenters. The molecule has 1 aromatic rings. The molecule has 0 spiro atoms. The maximum atomic E-state index is 12.1. The second kappa shape index (κ2) is 7.05. The zero-order valence-corrected chi connectivity index (χ0v) is 11.5. The summed E-state index contributed by atoms with van der Waals surface area (Å²) in [5.74, 6) is -0.294. The van der Waals surface area contributed by atoms with Crippen LogP contribution in [0.1, 0.15) is 42.5 Å². The first-order chi connectivity index (χ1) is 9.69. The summed E-state index contributed by atoms with van der Waals surface area (Å²) in [6.07, 6.45) is 5.78. The number of carbonyl (C=O) groups excluding carboxylic acids is 2. The molecule has 5 nitrogen and oxygen atoms in total. The molecule has 20 heavy (non-hydrogen) atoms. The molecule has 0 aromatic heterocycles. The molecule has 1 fully saturated rings. The molecule has 0 radical (unpaired) electrons. The number of benzene rings is 1. The Balaban J connectivity index is 1.91. The molecule has 5 heteroatoms. The highest BCUT2D eigenvalue weighted by molar-refractivity contribution is 5.96. The van der Waals surface area contributed by atoms with Crippen LogP contribution in [0.5, 0.6) is 0 Å². The molecular weight excluding hydrogens is 254 g/mol. The summed E-state index contributed by atoms with van der Waals surface area (Å²) in [7, 11) is 0. The summed E-state index contributed by atoms with van der Waals surface area (Å²) in [6, 6.07) is 7.15. The molecular formula is C15H21N3O2. The van der Waals surface area contributed by atoms with Crippen LogP contribution in [0.3, 0.4) is 0 Å². The predicted molar refractivity (Wildman–Crippen MR) is 78.5 cm³/mol. The first kappa shape index (κ1) is 14.5. The predicted octanol–water partition coefficient (Wildman–Crippen LogP) is 1.65. The molecule has 1 aliphatic rings. The van der Waals surface area contributed by atoms with Crippen LogP contribution in [0.25, 0.3) is 0 Å². The topological polar surface area (TPSA) is 84.2 Å². The van der Waals surface area contributed by atoms with Gasteiger partial charge < -0.3 is 16.4 Å². The molecule has 0 aliphatic heterocycles. The van der Waals surface area contributed by atoms with Crippen molar-refractivity contribution in [3.05, 3.63) is 29.8 Å². The van der Waals surface area contributed by atoms with E-state index in [1.807, 2.05) is 0 Å². The lowest BCUT2D eigenvalue weighted by atomic mass is 9.95. The molecule has 0 unspecified atom stereocenters. The van der Waals surface area contributed by atoms with Crippen LogP contribution in [0.4, 0.5) is 5.69 Å². The van der Waals surface area contributed by atoms with E-state index < -0.39 is 0 Å². The molecule has 0 saturated heterocycles. The Morgan fingerprint density at radius 1 is 1.10 bits per heavy atom. The summed E-state index contributed by atoms with van der Waals surface area (Å²) < 4.78 is 0. The fourth-order valence-corrected chi connectivity index (χ4v) is 2.43. The van der Waals surface area contributed by atoms with Crippen LogP contribution in [0.2, 0.25) is 0 Å². The van der Waals surface area contributed by atoms with Gasteiger partial charge >= 0.3 is 0 Å². The Morgan fingerprint density at radius 3 is 2.35 bits per heavy atom. The third kappa shape index (κ3) is 4.06. The largest absolute Gasteiger partial charge is 0.349 e. The number of nitrogens with one attached hydrogen (secondary N) is 2. The number of carbonyl (C=O) groups is 2. The average Bonchev–Trinajstić information content (AvgIpc) is 2.49. The van der Waals surface area contributed by atoms with Gasteiger partial charge in [0.05, 0.1) is 6.54 Å². The highest BCUT2D eigenvalue weighted by Gasteiger charge is 2.16. The van der Waals surface area contributed by atoms with Gasteiger partial charge in [-0.2, -0.15) is 0 Å². The van der Waals surface area contributed by atoms with E-state index in [2.05, 4.69) is 10.6 Å². The molecule has 2 amide bonds. The van der Waals surface area contributed by atoms with Gasteiger partial charge in [0.1, 0.15) is 0 Å². The monoisotopic (exact) mass is 275 g/mol. The molecule has 1 aromatic carbocycles. The summed E-state index contributed by atoms with van der Waals surface area (Å²) in [5, 5.41) is 5.70. The van der Waals surface area contributed by atoms with Crippen molar-refractivity contribution in [2.45, 2.75) is 38.1 Å². The number of rotatable bonds is 4. The van der Waals surface area contributed by atoms with Gasteiger partial charge in [0.2, 0.25) is 5.91 Å². The fourth-order valence-electron chi connectivity index (χ4n) is 2.43. The molecule has 0 heterocycles. The quantitative estimate of drug-likeness (QED) is 0.781. The molecule has 1 aliphatic carbocycles. The van der Waals surface area contributed by atoms with E-state index in [-0.39, 0.29) is 18.4 Å². The molecule has 0 bridgehead atoms. The first-order valence-corrected chi connectivity index (χ1v) is 7.10. The Hall–Kier alpha value is -1.88. The number of nitrogens with two attached hydrogens (primary N) is 1. The summed E-state index contributed by atoms with van der Waals surface area (Å²) in [6.45, 7) is -0.0517. The molecule has 4 N–H and O–H groups in total. The number of hydrogen-bond acceptors (Lipinski definition) is 3. The summed E-state index contributed by atoms with van der Waals surface area (Å²) in [5.41, 5.74) is 6.49. The van der Waals surface area contributed by atoms with E-state index >= 15 is 0 Å². The van der Waals surface area contributed by atoms with Crippen LogP contribution in [-0.2, 0) is 4.79 Å². The lowest BCUT2D eigenvalue weighted by molar-refractivity contribution is -0.114. The number of anilines is 1. The lowest BCUT2D eigenvalue weighted by Gasteiger charge is -2.22. The van der Waals surface area contributed by atoms with E-state index in [0.717, 1.165) is 12.8 Å². The van der Waals surface area contributed by atoms with Crippen LogP contribution in [-0.4, -0.2) is 24.4 Å². The second-order valence-corrected chi connectivity index (χ2v) is 5.14. The van der Waals surface area contributed by atoms with Crippen molar-refractivity contribution < 1.29 is 9.59 Å². The standard InChI is InChI=1S/C15H21N3O2/c16-10-14(19)17-13-8-6-11(7-9-13)15(20)18-12-4-2-1-3-5-12/h6-9,12H,1-5,10,16H2,(H,17,19)(H,18,20). The van der Waals surface area contributed by atoms with Gasteiger partial charge in [0, 0.05) is 17.3 Å². The summed E-state index contributed by atoms with van der Waals surface area (Å²) in [4.78, 5) is 23.2. The number of amides is 2. The van der Waals surface area contributed by atoms with Crippen LogP contribution in [0, 0.1) is 0 Å². The van der Waals surface area contributed by atoms with E-state index in [9.17, 15) is 9.59 Å². The van der Waals surface area contributed by atoms with Crippen LogP contribution >= 0.6 is 0 Å². The van der Waals surface area contributed by atoms with Crippen molar-refractivity contribution in [1.82, 2.24) is 5.32 Å². The van der Waals surface area contributed by atoms with Crippen molar-refractivity contribution in [2.24, 2.45) is 5.73 Å². The molecule has 1 saturated carbocycles. The van der Waals surface area contributed by atoms with Crippen molar-refractivity contribution in [2.75, 3.05) is 11.9 Å². The second-order valence-electron chi connectivity index (χ2n) is 5.14. The third-order valence-corrected chi connectivity index (χ3v) is 3.56. The molecule has 2 rings (SSSR count). The maximum Gasteiger partial charge on any atom is 0.251 e. The van der Waals surface area contributed by atoms with Crippen molar-refractivity contribution >= 4 is 17.5 Å². The highest BCUT2D eigenvalue weighted by atomic mass is 16.2. The summed E-state index contributed by atoms with van der Waals surface area (Å²) >= 11 is 0. The average molecular weight is 275 g/mol. The Bertz CT molecular complexity index is 465. The smallest absolute Gasteiger partial charge is 0.251 e. The van der Waals surface area contributed by atoms with E-state index in [4.69, 9.17) is 5.73 Å². The normalized spacial score (nSPS) is 15.7. The van der Waals surface area contributed by atoms with Gasteiger partial charge in [0.25, 0.3) is 5.91 Å². The SMILES string of the molecule is NCC(=O)Nc1ccc(C(=O)NC2CCCCC2)cc1. The first-order valence-electron chi connectivity index (χ1n) is 7.10. The van der Waals surface area contributed by atoms with Gasteiger partial charge in [-0.05, 0) is 37.1 Å². The van der Waals surface area contributed by atoms with Gasteiger partial charge in [-0.25, -0.2) is 0 Å². The minimum atomic E-state index is -0.246. The fraction of sp³-hybridized carbons (Fsp3) is 0.467. The van der Waals surface area contributed by atoms with Crippen molar-refractivity contribution in [1.29, 1.82) is 0 Å². The van der Waals surface area contributed by atoms with Crippen LogP contribution in [0.15, 0.2) is 24.3 Å². The van der Waals surface area contributed by atoms with E-state index in [1.54, 1.807) is 24.3 Å². The maximum absolute atomic E-state index is 12.1. The van der Waals surface area contributed by atoms with Gasteiger partial charge in [-0.1, -0.05) is 19.3 Å². The zero-order valence-electron chi connectivity index (χ0n) is 11.5. The van der Waals surface area contributed by atoms with Crippen molar-refractivity contribution in [3.63, 3.8) is 0 Å². The Morgan fingerprint density at radius 2 is 1.75 bits per heavy atom. The minimum absolute atomic E-state index is 0.0476. The third-order valence-electron chi connectivity index (χ3n) is 3.56. The van der Waals surface area contributed by atoms with E-state index in [1.165, 1.54) is 19.3 Å². The highest BCUT2D eigenvalue weighted by Crippen LogP contribution is 2.18. The van der Waals surface area contributed by atoms with Gasteiger partial charge in [-0.15, -0.1) is 0 Å². The van der Waals surface area contributed by atoms with Gasteiger partial charge in [0.15, 0.2) is 0 Å². The van der Waals surface area contributed by atoms with Gasteiger partial charge in [-0.3, -0.25) is 9.59 Å². The molecule has 108 valence electrons. The lowest BCUT2D eigenvalue weighted by Crippen LogP contribution is -2.36. The Kier molecular flexibility index (Phi) is 5.12. The minimum Gasteiger partial charge on any atom is -0.349 e. The number of hydrogen-bond donors (Lipinski definition) is 3. The zero-order chi connectivity index (χ0) is 14.4. The Labute approximate surface area is 118 Å². The van der Waals surface area contributed by atoms with Crippen LogP contribution < -0.4 is 16.4 Å². The van der Waals surface area contributed by atoms with Crippen molar-refractivity contribution in [3.8, 4) is 0 Å². The van der Waals surface area contributed by atoms with E-state index in [0.29, 0.717) is 17.3 Å².